The van der Waals surface area contributed by atoms with Crippen molar-refractivity contribution in [2.75, 3.05) is 6.61 Å². The Labute approximate surface area is 120 Å². The molecule has 0 aromatic heterocycles. The zero-order chi connectivity index (χ0) is 13.8. The second-order valence-corrected chi connectivity index (χ2v) is 5.52. The van der Waals surface area contributed by atoms with E-state index >= 15 is 0 Å². The minimum Gasteiger partial charge on any atom is -0.383 e. The molecular formula is C18H20O2. The Kier molecular flexibility index (Phi) is 3.86. The van der Waals surface area contributed by atoms with Crippen molar-refractivity contribution < 1.29 is 9.84 Å². The third kappa shape index (κ3) is 2.77. The van der Waals surface area contributed by atoms with Crippen LogP contribution in [0.15, 0.2) is 54.6 Å². The molecule has 104 valence electrons. The summed E-state index contributed by atoms with van der Waals surface area (Å²) in [5.74, 6) is 0. The van der Waals surface area contributed by atoms with Gasteiger partial charge in [0.2, 0.25) is 0 Å². The van der Waals surface area contributed by atoms with Crippen LogP contribution in [0.2, 0.25) is 0 Å². The third-order valence-electron chi connectivity index (χ3n) is 4.01. The van der Waals surface area contributed by atoms with Crippen molar-refractivity contribution in [3.05, 3.63) is 71.3 Å². The maximum absolute atomic E-state index is 10.9. The van der Waals surface area contributed by atoms with Crippen molar-refractivity contribution in [2.24, 2.45) is 0 Å². The van der Waals surface area contributed by atoms with Gasteiger partial charge in [0.05, 0.1) is 13.2 Å². The van der Waals surface area contributed by atoms with Crippen molar-refractivity contribution >= 4 is 0 Å². The smallest absolute Gasteiger partial charge is 0.113 e. The standard InChI is InChI=1S/C18H20O2/c19-18(14-20-13-15-7-2-1-3-8-15)12-6-10-16-9-4-5-11-17(16)18/h1-5,7-9,11,19H,6,10,12-14H2. The Balaban J connectivity index is 1.68. The van der Waals surface area contributed by atoms with E-state index in [1.165, 1.54) is 5.56 Å². The third-order valence-corrected chi connectivity index (χ3v) is 4.01. The van der Waals surface area contributed by atoms with Gasteiger partial charge in [-0.1, -0.05) is 54.6 Å². The van der Waals surface area contributed by atoms with Crippen LogP contribution in [0, 0.1) is 0 Å². The van der Waals surface area contributed by atoms with E-state index in [9.17, 15) is 5.11 Å². The van der Waals surface area contributed by atoms with Crippen LogP contribution >= 0.6 is 0 Å². The number of hydrogen-bond donors (Lipinski definition) is 1. The number of benzene rings is 2. The predicted octanol–water partition coefficient (Wildman–Crippen LogP) is 3.43. The molecule has 0 saturated carbocycles. The molecule has 0 aliphatic heterocycles. The van der Waals surface area contributed by atoms with Gasteiger partial charge in [-0.25, -0.2) is 0 Å². The molecule has 0 heterocycles. The van der Waals surface area contributed by atoms with Gasteiger partial charge in [-0.05, 0) is 36.0 Å². The van der Waals surface area contributed by atoms with Crippen LogP contribution in [0.3, 0.4) is 0 Å². The first-order valence-electron chi connectivity index (χ1n) is 7.20. The molecule has 20 heavy (non-hydrogen) atoms. The molecule has 0 saturated heterocycles. The molecule has 0 spiro atoms. The second kappa shape index (κ2) is 5.78. The Morgan fingerprint density at radius 3 is 2.60 bits per heavy atom. The number of fused-ring (bicyclic) bond motifs is 1. The Hall–Kier alpha value is -1.64. The average molecular weight is 268 g/mol. The van der Waals surface area contributed by atoms with Crippen molar-refractivity contribution in [1.82, 2.24) is 0 Å². The minimum atomic E-state index is -0.830. The summed E-state index contributed by atoms with van der Waals surface area (Å²) >= 11 is 0. The topological polar surface area (TPSA) is 29.5 Å². The molecule has 2 nitrogen and oxygen atoms in total. The van der Waals surface area contributed by atoms with E-state index in [4.69, 9.17) is 4.74 Å². The largest absolute Gasteiger partial charge is 0.383 e. The van der Waals surface area contributed by atoms with Crippen molar-refractivity contribution in [1.29, 1.82) is 0 Å². The number of ether oxygens (including phenoxy) is 1. The first-order chi connectivity index (χ1) is 9.78. The lowest BCUT2D eigenvalue weighted by Crippen LogP contribution is -2.35. The summed E-state index contributed by atoms with van der Waals surface area (Å²) in [6, 6.07) is 18.2. The van der Waals surface area contributed by atoms with Gasteiger partial charge in [-0.15, -0.1) is 0 Å². The fraction of sp³-hybridized carbons (Fsp3) is 0.333. The normalized spacial score (nSPS) is 21.4. The summed E-state index contributed by atoms with van der Waals surface area (Å²) in [4.78, 5) is 0. The quantitative estimate of drug-likeness (QED) is 0.920. The van der Waals surface area contributed by atoms with Crippen LogP contribution in [0.1, 0.15) is 29.5 Å². The molecule has 2 aromatic rings. The molecule has 0 radical (unpaired) electrons. The number of rotatable bonds is 4. The van der Waals surface area contributed by atoms with Gasteiger partial charge in [0.1, 0.15) is 5.60 Å². The van der Waals surface area contributed by atoms with E-state index in [2.05, 4.69) is 6.07 Å². The highest BCUT2D eigenvalue weighted by molar-refractivity contribution is 5.34. The number of aliphatic hydroxyl groups is 1. The van der Waals surface area contributed by atoms with E-state index in [-0.39, 0.29) is 0 Å². The summed E-state index contributed by atoms with van der Waals surface area (Å²) in [6.45, 7) is 0.907. The molecule has 1 N–H and O–H groups in total. The van der Waals surface area contributed by atoms with Crippen LogP contribution in [0.5, 0.6) is 0 Å². The van der Waals surface area contributed by atoms with Crippen LogP contribution in [-0.2, 0) is 23.4 Å². The number of aryl methyl sites for hydroxylation is 1. The predicted molar refractivity (Wildman–Crippen MR) is 79.4 cm³/mol. The van der Waals surface area contributed by atoms with Gasteiger partial charge >= 0.3 is 0 Å². The van der Waals surface area contributed by atoms with E-state index in [1.54, 1.807) is 0 Å². The van der Waals surface area contributed by atoms with Gasteiger partial charge in [0.25, 0.3) is 0 Å². The highest BCUT2D eigenvalue weighted by atomic mass is 16.5. The van der Waals surface area contributed by atoms with Gasteiger partial charge < -0.3 is 9.84 Å². The summed E-state index contributed by atoms with van der Waals surface area (Å²) in [5, 5.41) is 10.9. The van der Waals surface area contributed by atoms with E-state index in [0.717, 1.165) is 30.4 Å². The van der Waals surface area contributed by atoms with Crippen LogP contribution in [0.25, 0.3) is 0 Å². The monoisotopic (exact) mass is 268 g/mol. The fourth-order valence-electron chi connectivity index (χ4n) is 2.96. The maximum atomic E-state index is 10.9. The number of hydrogen-bond acceptors (Lipinski definition) is 2. The summed E-state index contributed by atoms with van der Waals surface area (Å²) < 4.78 is 5.77. The molecule has 0 fully saturated rings. The average Bonchev–Trinajstić information content (AvgIpc) is 2.49. The highest BCUT2D eigenvalue weighted by Gasteiger charge is 2.34. The molecule has 1 unspecified atom stereocenters. The Morgan fingerprint density at radius 1 is 1.00 bits per heavy atom. The lowest BCUT2D eigenvalue weighted by molar-refractivity contribution is -0.0668. The van der Waals surface area contributed by atoms with Crippen LogP contribution < -0.4 is 0 Å². The first kappa shape index (κ1) is 13.3. The lowest BCUT2D eigenvalue weighted by Gasteiger charge is -2.34. The van der Waals surface area contributed by atoms with E-state index in [1.807, 2.05) is 48.5 Å². The zero-order valence-electron chi connectivity index (χ0n) is 11.6. The fourth-order valence-corrected chi connectivity index (χ4v) is 2.96. The Morgan fingerprint density at radius 2 is 1.75 bits per heavy atom. The van der Waals surface area contributed by atoms with Crippen molar-refractivity contribution in [3.63, 3.8) is 0 Å². The SMILES string of the molecule is OC1(COCc2ccccc2)CCCc2ccccc21. The molecule has 1 aliphatic rings. The molecule has 2 aromatic carbocycles. The highest BCUT2D eigenvalue weighted by Crippen LogP contribution is 2.35. The van der Waals surface area contributed by atoms with Gasteiger partial charge in [0.15, 0.2) is 0 Å². The first-order valence-corrected chi connectivity index (χ1v) is 7.20. The molecule has 3 rings (SSSR count). The Bertz CT molecular complexity index is 565. The zero-order valence-corrected chi connectivity index (χ0v) is 11.6. The molecular weight excluding hydrogens is 248 g/mol. The molecule has 2 heteroatoms. The molecule has 0 bridgehead atoms. The molecule has 0 amide bonds. The summed E-state index contributed by atoms with van der Waals surface area (Å²) in [6.07, 6.45) is 2.85. The summed E-state index contributed by atoms with van der Waals surface area (Å²) in [5.41, 5.74) is 2.60. The van der Waals surface area contributed by atoms with Crippen molar-refractivity contribution in [2.45, 2.75) is 31.5 Å². The lowest BCUT2D eigenvalue weighted by atomic mass is 9.80. The van der Waals surface area contributed by atoms with E-state index < -0.39 is 5.60 Å². The minimum absolute atomic E-state index is 0.360. The summed E-state index contributed by atoms with van der Waals surface area (Å²) in [7, 11) is 0. The van der Waals surface area contributed by atoms with Crippen LogP contribution in [-0.4, -0.2) is 11.7 Å². The molecule has 1 aliphatic carbocycles. The molecule has 1 atom stereocenters. The maximum Gasteiger partial charge on any atom is 0.113 e. The van der Waals surface area contributed by atoms with Crippen LogP contribution in [0.4, 0.5) is 0 Å². The van der Waals surface area contributed by atoms with Gasteiger partial charge in [-0.3, -0.25) is 0 Å². The van der Waals surface area contributed by atoms with Crippen molar-refractivity contribution in [3.8, 4) is 0 Å². The second-order valence-electron chi connectivity index (χ2n) is 5.52. The van der Waals surface area contributed by atoms with Gasteiger partial charge in [-0.2, -0.15) is 0 Å². The van der Waals surface area contributed by atoms with Gasteiger partial charge in [0, 0.05) is 0 Å². The van der Waals surface area contributed by atoms with E-state index in [0.29, 0.717) is 13.2 Å².